The van der Waals surface area contributed by atoms with Crippen molar-refractivity contribution in [3.05, 3.63) is 12.7 Å². The molecule has 9 N–H and O–H groups in total. The quantitative estimate of drug-likeness (QED) is 0.0981. The number of piperidine rings is 1. The molecule has 0 saturated carbocycles. The second kappa shape index (κ2) is 15.7. The number of phosphoric acid groups is 1. The van der Waals surface area contributed by atoms with E-state index in [1.165, 1.54) is 17.2 Å². The van der Waals surface area contributed by atoms with Gasteiger partial charge in [-0.3, -0.25) is 18.4 Å². The lowest BCUT2D eigenvalue weighted by Gasteiger charge is -2.45. The van der Waals surface area contributed by atoms with Gasteiger partial charge >= 0.3 is 7.82 Å². The van der Waals surface area contributed by atoms with Crippen LogP contribution >= 0.6 is 31.2 Å². The van der Waals surface area contributed by atoms with Crippen molar-refractivity contribution in [1.29, 1.82) is 0 Å². The molecular formula is C27H43ClN7O11PS. The Bertz CT molecular complexity index is 1460. The van der Waals surface area contributed by atoms with Crippen LogP contribution in [0.5, 0.6) is 0 Å². The van der Waals surface area contributed by atoms with Crippen molar-refractivity contribution >= 4 is 54.1 Å². The number of fused-ring (bicyclic) bond motifs is 1. The molecule has 3 saturated heterocycles. The number of nitrogens with zero attached hydrogens (tertiary/aromatic N) is 4. The molecular weight excluding hydrogens is 697 g/mol. The molecule has 14 unspecified atom stereocenters. The molecule has 1 amide bonds. The molecule has 3 aliphatic rings. The van der Waals surface area contributed by atoms with Crippen LogP contribution in [0.1, 0.15) is 39.3 Å². The highest BCUT2D eigenvalue weighted by Gasteiger charge is 2.52. The van der Waals surface area contributed by atoms with E-state index in [1.54, 1.807) is 13.2 Å². The summed E-state index contributed by atoms with van der Waals surface area (Å²) in [7, 11) is -5.08. The summed E-state index contributed by atoms with van der Waals surface area (Å²) in [6.07, 6.45) is -5.34. The van der Waals surface area contributed by atoms with Gasteiger partial charge in [-0.05, 0) is 38.5 Å². The van der Waals surface area contributed by atoms with E-state index in [0.717, 1.165) is 24.6 Å². The molecule has 5 rings (SSSR count). The molecule has 5 heterocycles. The number of hydrogen-bond acceptors (Lipinski definition) is 16. The molecule has 0 aliphatic carbocycles. The highest BCUT2D eigenvalue weighted by Crippen LogP contribution is 2.48. The smallest absolute Gasteiger partial charge is 0.387 e. The highest BCUT2D eigenvalue weighted by atomic mass is 35.5. The number of imidazole rings is 1. The van der Waals surface area contributed by atoms with Crippen molar-refractivity contribution in [2.75, 3.05) is 25.1 Å². The first kappa shape index (κ1) is 37.5. The van der Waals surface area contributed by atoms with Crippen molar-refractivity contribution in [1.82, 2.24) is 30.2 Å². The highest BCUT2D eigenvalue weighted by molar-refractivity contribution is 7.99. The standard InChI is InChI=1S/C27H43ClN7O11PS/c1-4-12-5-6-30-13(7-12)25(40)34-15(11(2)28)21-19(38)22(20(39)27(45-21)48-3)46-47(41,42)43-8-14-17(36)18(37)26(44-14)35-10-33-16-23(29)31-9-32-24(16)35/h9-15,17-22,26-27,30,36-39H,4-8H2,1-3H3,(H,34,40)(H,41,42)(H2,29,31,32). The number of phosphoric ester groups is 1. The van der Waals surface area contributed by atoms with Gasteiger partial charge in [-0.2, -0.15) is 0 Å². The van der Waals surface area contributed by atoms with Crippen molar-refractivity contribution in [3.8, 4) is 0 Å². The van der Waals surface area contributed by atoms with Gasteiger partial charge in [0.25, 0.3) is 0 Å². The number of amides is 1. The van der Waals surface area contributed by atoms with E-state index in [4.69, 9.17) is 35.9 Å². The number of aliphatic hydroxyl groups excluding tert-OH is 4. The van der Waals surface area contributed by atoms with E-state index in [-0.39, 0.29) is 22.9 Å². The molecule has 2 aromatic heterocycles. The van der Waals surface area contributed by atoms with Gasteiger partial charge < -0.3 is 51.2 Å². The largest absolute Gasteiger partial charge is 0.472 e. The maximum atomic E-state index is 13.3. The van der Waals surface area contributed by atoms with Gasteiger partial charge in [-0.1, -0.05) is 13.3 Å². The second-order valence-corrected chi connectivity index (χ2v) is 15.2. The van der Waals surface area contributed by atoms with Gasteiger partial charge in [0.05, 0.1) is 30.4 Å². The summed E-state index contributed by atoms with van der Waals surface area (Å²) in [6.45, 7) is 3.61. The average Bonchev–Trinajstić information content (AvgIpc) is 3.62. The fourth-order valence-corrected chi connectivity index (χ4v) is 8.10. The minimum atomic E-state index is -5.08. The zero-order valence-corrected chi connectivity index (χ0v) is 28.9. The maximum absolute atomic E-state index is 13.3. The minimum Gasteiger partial charge on any atom is -0.387 e. The predicted octanol–water partition coefficient (Wildman–Crippen LogP) is -0.770. The van der Waals surface area contributed by atoms with Crippen LogP contribution in [0.3, 0.4) is 0 Å². The number of nitrogens with two attached hydrogens (primary N) is 1. The number of alkyl halides is 1. The summed E-state index contributed by atoms with van der Waals surface area (Å²) in [5.74, 6) is 0.133. The Hall–Kier alpha value is -1.71. The molecule has 21 heteroatoms. The lowest BCUT2D eigenvalue weighted by Crippen LogP contribution is -2.65. The Labute approximate surface area is 285 Å². The molecule has 3 fully saturated rings. The summed E-state index contributed by atoms with van der Waals surface area (Å²) >= 11 is 7.54. The maximum Gasteiger partial charge on any atom is 0.472 e. The van der Waals surface area contributed by atoms with Gasteiger partial charge in [0.15, 0.2) is 17.7 Å². The molecule has 14 atom stereocenters. The van der Waals surface area contributed by atoms with Gasteiger partial charge in [-0.25, -0.2) is 19.5 Å². The number of aliphatic hydroxyl groups is 4. The number of halogens is 1. The van der Waals surface area contributed by atoms with Crippen LogP contribution in [-0.4, -0.2) is 136 Å². The normalized spacial score (nSPS) is 36.8. The third-order valence-corrected chi connectivity index (χ3v) is 11.1. The van der Waals surface area contributed by atoms with E-state index in [0.29, 0.717) is 18.9 Å². The number of carbonyl (C=O) groups is 1. The number of nitrogens with one attached hydrogen (secondary N) is 2. The number of anilines is 1. The monoisotopic (exact) mass is 739 g/mol. The van der Waals surface area contributed by atoms with Crippen molar-refractivity contribution in [2.45, 2.75) is 105 Å². The third-order valence-electron chi connectivity index (χ3n) is 9.03. The molecule has 0 aromatic carbocycles. The summed E-state index contributed by atoms with van der Waals surface area (Å²) in [6, 6.07) is -1.46. The van der Waals surface area contributed by atoms with E-state index in [2.05, 4.69) is 32.5 Å². The van der Waals surface area contributed by atoms with E-state index < -0.39 is 86.3 Å². The lowest BCUT2D eigenvalue weighted by atomic mass is 9.89. The predicted molar refractivity (Wildman–Crippen MR) is 173 cm³/mol. The second-order valence-electron chi connectivity index (χ2n) is 12.2. The fraction of sp³-hybridized carbons (Fsp3) is 0.778. The Balaban J connectivity index is 1.25. The van der Waals surface area contributed by atoms with E-state index >= 15 is 0 Å². The topological polar surface area (TPSA) is 266 Å². The van der Waals surface area contributed by atoms with E-state index in [9.17, 15) is 34.7 Å². The summed E-state index contributed by atoms with van der Waals surface area (Å²) in [4.78, 5) is 36.0. The first-order chi connectivity index (χ1) is 22.8. The van der Waals surface area contributed by atoms with E-state index in [1.807, 2.05) is 0 Å². The molecule has 3 aliphatic heterocycles. The molecule has 18 nitrogen and oxygen atoms in total. The van der Waals surface area contributed by atoms with Gasteiger partial charge in [0, 0.05) is 0 Å². The van der Waals surface area contributed by atoms with Crippen LogP contribution in [0.25, 0.3) is 11.2 Å². The van der Waals surface area contributed by atoms with Crippen LogP contribution < -0.4 is 16.4 Å². The molecule has 0 spiro atoms. The number of carbonyl (C=O) groups excluding carboxylic acids is 1. The Kier molecular flexibility index (Phi) is 12.3. The minimum absolute atomic E-state index is 0.0917. The van der Waals surface area contributed by atoms with Gasteiger partial charge in [-0.15, -0.1) is 23.4 Å². The number of hydrogen-bond donors (Lipinski definition) is 8. The van der Waals surface area contributed by atoms with Crippen LogP contribution in [0.2, 0.25) is 0 Å². The zero-order valence-electron chi connectivity index (χ0n) is 26.5. The average molecular weight is 740 g/mol. The number of aromatic nitrogens is 4. The number of ether oxygens (including phenoxy) is 2. The molecule has 0 bridgehead atoms. The third kappa shape index (κ3) is 7.93. The van der Waals surface area contributed by atoms with Crippen molar-refractivity contribution < 1.29 is 53.2 Å². The molecule has 48 heavy (non-hydrogen) atoms. The first-order valence-electron chi connectivity index (χ1n) is 15.6. The van der Waals surface area contributed by atoms with Gasteiger partial charge in [0.2, 0.25) is 5.91 Å². The van der Waals surface area contributed by atoms with Crippen LogP contribution in [-0.2, 0) is 27.9 Å². The molecule has 2 aromatic rings. The molecule has 270 valence electrons. The fourth-order valence-electron chi connectivity index (χ4n) is 6.27. The Morgan fingerprint density at radius 1 is 1.23 bits per heavy atom. The van der Waals surface area contributed by atoms with Crippen molar-refractivity contribution in [2.24, 2.45) is 5.92 Å². The zero-order chi connectivity index (χ0) is 34.9. The van der Waals surface area contributed by atoms with Gasteiger partial charge in [0.1, 0.15) is 60.0 Å². The van der Waals surface area contributed by atoms with Crippen molar-refractivity contribution in [3.63, 3.8) is 0 Å². The summed E-state index contributed by atoms with van der Waals surface area (Å²) < 4.78 is 36.7. The molecule has 0 radical (unpaired) electrons. The number of rotatable bonds is 12. The number of nitrogen functional groups attached to an aromatic ring is 1. The van der Waals surface area contributed by atoms with Crippen LogP contribution in [0.15, 0.2) is 12.7 Å². The summed E-state index contributed by atoms with van der Waals surface area (Å²) in [5, 5.41) is 49.0. The lowest BCUT2D eigenvalue weighted by molar-refractivity contribution is -0.202. The summed E-state index contributed by atoms with van der Waals surface area (Å²) in [5.41, 5.74) is 5.24. The Morgan fingerprint density at radius 3 is 2.67 bits per heavy atom. The van der Waals surface area contributed by atoms with Crippen LogP contribution in [0, 0.1) is 5.92 Å². The van der Waals surface area contributed by atoms with Crippen LogP contribution in [0.4, 0.5) is 5.82 Å². The SMILES string of the molecule is CCC1CCNC(C(=O)NC(C(C)Cl)C2OC(SC)C(O)C(OP(=O)(O)OCC3OC(n4cnc5c(N)ncnc54)C(O)C3O)C2O)C1. The number of thioether (sulfide) groups is 1. The first-order valence-corrected chi connectivity index (χ1v) is 18.8. The Morgan fingerprint density at radius 2 is 1.98 bits per heavy atom.